The van der Waals surface area contributed by atoms with Gasteiger partial charge in [0.1, 0.15) is 4.90 Å². The summed E-state index contributed by atoms with van der Waals surface area (Å²) in [6.07, 6.45) is 4.32. The highest BCUT2D eigenvalue weighted by Gasteiger charge is 2.32. The highest BCUT2D eigenvalue weighted by Crippen LogP contribution is 2.32. The van der Waals surface area contributed by atoms with Crippen molar-refractivity contribution in [3.8, 4) is 0 Å². The van der Waals surface area contributed by atoms with Crippen molar-refractivity contribution < 1.29 is 8.42 Å². The van der Waals surface area contributed by atoms with Gasteiger partial charge in [-0.2, -0.15) is 9.40 Å². The van der Waals surface area contributed by atoms with Crippen LogP contribution in [0.3, 0.4) is 0 Å². The Morgan fingerprint density at radius 1 is 1.35 bits per heavy atom. The summed E-state index contributed by atoms with van der Waals surface area (Å²) < 4.78 is 28.5. The van der Waals surface area contributed by atoms with E-state index in [0.717, 1.165) is 19.3 Å². The maximum Gasteiger partial charge on any atom is 0.248 e. The molecule has 2 N–H and O–H groups in total. The summed E-state index contributed by atoms with van der Waals surface area (Å²) in [6.45, 7) is 7.98. The van der Waals surface area contributed by atoms with Gasteiger partial charge in [0.15, 0.2) is 5.82 Å². The van der Waals surface area contributed by atoms with Crippen molar-refractivity contribution >= 4 is 15.8 Å². The van der Waals surface area contributed by atoms with Crippen molar-refractivity contribution in [3.05, 3.63) is 6.20 Å². The normalized spacial score (nSPS) is 20.8. The molecule has 0 aliphatic carbocycles. The van der Waals surface area contributed by atoms with E-state index < -0.39 is 10.0 Å². The summed E-state index contributed by atoms with van der Waals surface area (Å²) in [4.78, 5) is 0.138. The summed E-state index contributed by atoms with van der Waals surface area (Å²) in [6, 6.07) is 0. The average Bonchev–Trinajstić information content (AvgIpc) is 2.64. The van der Waals surface area contributed by atoms with E-state index in [1.807, 2.05) is 6.92 Å². The van der Waals surface area contributed by atoms with E-state index in [-0.39, 0.29) is 16.1 Å². The standard InChI is InChI=1S/C13H24N4O2S/c1-4-16-10-11(12(14)15-16)20(18,19)17-8-5-6-13(2,3)7-9-17/h10H,4-9H2,1-3H3,(H2,14,15). The first-order valence-electron chi connectivity index (χ1n) is 7.09. The molecule has 6 nitrogen and oxygen atoms in total. The first-order chi connectivity index (χ1) is 9.26. The Morgan fingerprint density at radius 2 is 2.05 bits per heavy atom. The molecular weight excluding hydrogens is 276 g/mol. The molecule has 1 aliphatic rings. The number of nitrogens with zero attached hydrogens (tertiary/aromatic N) is 3. The van der Waals surface area contributed by atoms with E-state index in [4.69, 9.17) is 5.73 Å². The molecule has 2 heterocycles. The number of hydrogen-bond acceptors (Lipinski definition) is 4. The minimum atomic E-state index is -3.53. The van der Waals surface area contributed by atoms with Crippen LogP contribution in [0.1, 0.15) is 40.0 Å². The highest BCUT2D eigenvalue weighted by molar-refractivity contribution is 7.89. The molecule has 1 saturated heterocycles. The maximum atomic E-state index is 12.7. The smallest absolute Gasteiger partial charge is 0.248 e. The van der Waals surface area contributed by atoms with Crippen LogP contribution in [0.15, 0.2) is 11.1 Å². The SMILES string of the molecule is CCn1cc(S(=O)(=O)N2CCCC(C)(C)CC2)c(N)n1. The third-order valence-corrected chi connectivity index (χ3v) is 5.91. The number of aromatic nitrogens is 2. The molecular formula is C13H24N4O2S. The third-order valence-electron chi connectivity index (χ3n) is 4.00. The zero-order valence-electron chi connectivity index (χ0n) is 12.5. The molecule has 1 aromatic rings. The monoisotopic (exact) mass is 300 g/mol. The lowest BCUT2D eigenvalue weighted by molar-refractivity contribution is 0.315. The van der Waals surface area contributed by atoms with Crippen LogP contribution in [0, 0.1) is 5.41 Å². The zero-order chi connectivity index (χ0) is 15.0. The second kappa shape index (κ2) is 5.37. The number of aryl methyl sites for hydroxylation is 1. The molecule has 1 aromatic heterocycles. The minimum absolute atomic E-state index is 0.0929. The fourth-order valence-corrected chi connectivity index (χ4v) is 4.10. The summed E-state index contributed by atoms with van der Waals surface area (Å²) in [7, 11) is -3.53. The van der Waals surface area contributed by atoms with Gasteiger partial charge in [-0.05, 0) is 31.6 Å². The number of sulfonamides is 1. The third kappa shape index (κ3) is 2.98. The van der Waals surface area contributed by atoms with E-state index in [2.05, 4.69) is 18.9 Å². The largest absolute Gasteiger partial charge is 0.381 e. The molecule has 20 heavy (non-hydrogen) atoms. The van der Waals surface area contributed by atoms with Crippen molar-refractivity contribution in [1.29, 1.82) is 0 Å². The van der Waals surface area contributed by atoms with E-state index in [1.165, 1.54) is 6.20 Å². The Labute approximate surface area is 121 Å². The fourth-order valence-electron chi connectivity index (χ4n) is 2.56. The number of rotatable bonds is 3. The van der Waals surface area contributed by atoms with Gasteiger partial charge in [0.25, 0.3) is 0 Å². The summed E-state index contributed by atoms with van der Waals surface area (Å²) in [5.41, 5.74) is 5.96. The fraction of sp³-hybridized carbons (Fsp3) is 0.769. The van der Waals surface area contributed by atoms with Crippen LogP contribution in [0.25, 0.3) is 0 Å². The van der Waals surface area contributed by atoms with E-state index in [9.17, 15) is 8.42 Å². The summed E-state index contributed by atoms with van der Waals surface area (Å²) >= 11 is 0. The lowest BCUT2D eigenvalue weighted by Gasteiger charge is -2.22. The quantitative estimate of drug-likeness (QED) is 0.921. The first kappa shape index (κ1) is 15.3. The van der Waals surface area contributed by atoms with Gasteiger partial charge in [0, 0.05) is 25.8 Å². The number of hydrogen-bond donors (Lipinski definition) is 1. The predicted molar refractivity (Wildman–Crippen MR) is 78.7 cm³/mol. The number of nitrogens with two attached hydrogens (primary N) is 1. The minimum Gasteiger partial charge on any atom is -0.381 e. The molecule has 1 fully saturated rings. The van der Waals surface area contributed by atoms with Crippen molar-refractivity contribution in [2.75, 3.05) is 18.8 Å². The van der Waals surface area contributed by atoms with Crippen molar-refractivity contribution in [1.82, 2.24) is 14.1 Å². The molecule has 0 atom stereocenters. The van der Waals surface area contributed by atoms with Gasteiger partial charge in [-0.1, -0.05) is 13.8 Å². The van der Waals surface area contributed by atoms with Crippen LogP contribution in [0.4, 0.5) is 5.82 Å². The highest BCUT2D eigenvalue weighted by atomic mass is 32.2. The van der Waals surface area contributed by atoms with Crippen molar-refractivity contribution in [2.45, 2.75) is 51.5 Å². The first-order valence-corrected chi connectivity index (χ1v) is 8.53. The summed E-state index contributed by atoms with van der Waals surface area (Å²) in [5, 5.41) is 4.03. The molecule has 1 aliphatic heterocycles. The molecule has 0 radical (unpaired) electrons. The predicted octanol–water partition coefficient (Wildman–Crippen LogP) is 1.69. The topological polar surface area (TPSA) is 81.2 Å². The Hall–Kier alpha value is -1.08. The van der Waals surface area contributed by atoms with Crippen LogP contribution in [0.5, 0.6) is 0 Å². The van der Waals surface area contributed by atoms with Crippen molar-refractivity contribution in [3.63, 3.8) is 0 Å². The molecule has 2 rings (SSSR count). The molecule has 114 valence electrons. The maximum absolute atomic E-state index is 12.7. The van der Waals surface area contributed by atoms with Gasteiger partial charge in [-0.25, -0.2) is 8.42 Å². The second-order valence-corrected chi connectivity index (χ2v) is 8.06. The van der Waals surface area contributed by atoms with Crippen LogP contribution < -0.4 is 5.73 Å². The molecule has 0 amide bonds. The Bertz CT molecular complexity index is 577. The van der Waals surface area contributed by atoms with Gasteiger partial charge >= 0.3 is 0 Å². The molecule has 7 heteroatoms. The Balaban J connectivity index is 2.28. The van der Waals surface area contributed by atoms with Gasteiger partial charge < -0.3 is 5.73 Å². The Morgan fingerprint density at radius 3 is 2.65 bits per heavy atom. The molecule has 0 saturated carbocycles. The molecule has 0 bridgehead atoms. The van der Waals surface area contributed by atoms with Crippen LogP contribution in [-0.4, -0.2) is 35.6 Å². The second-order valence-electron chi connectivity index (χ2n) is 6.16. The van der Waals surface area contributed by atoms with E-state index in [1.54, 1.807) is 8.99 Å². The van der Waals surface area contributed by atoms with Gasteiger partial charge in [0.2, 0.25) is 10.0 Å². The van der Waals surface area contributed by atoms with Gasteiger partial charge in [-0.15, -0.1) is 0 Å². The Kier molecular flexibility index (Phi) is 4.11. The number of anilines is 1. The van der Waals surface area contributed by atoms with Crippen LogP contribution in [-0.2, 0) is 16.6 Å². The number of nitrogen functional groups attached to an aromatic ring is 1. The van der Waals surface area contributed by atoms with E-state index >= 15 is 0 Å². The van der Waals surface area contributed by atoms with E-state index in [0.29, 0.717) is 19.6 Å². The molecule has 0 spiro atoms. The summed E-state index contributed by atoms with van der Waals surface area (Å²) in [5.74, 6) is 0.0929. The van der Waals surface area contributed by atoms with Crippen LogP contribution >= 0.6 is 0 Å². The average molecular weight is 300 g/mol. The van der Waals surface area contributed by atoms with Crippen LogP contribution in [0.2, 0.25) is 0 Å². The molecule has 0 unspecified atom stereocenters. The van der Waals surface area contributed by atoms with Gasteiger partial charge in [-0.3, -0.25) is 4.68 Å². The lowest BCUT2D eigenvalue weighted by atomic mass is 9.85. The van der Waals surface area contributed by atoms with Gasteiger partial charge in [0.05, 0.1) is 0 Å². The zero-order valence-corrected chi connectivity index (χ0v) is 13.3. The van der Waals surface area contributed by atoms with Crippen molar-refractivity contribution in [2.24, 2.45) is 5.41 Å². The molecule has 0 aromatic carbocycles. The lowest BCUT2D eigenvalue weighted by Crippen LogP contribution is -2.32.